The van der Waals surface area contributed by atoms with Crippen LogP contribution in [0.2, 0.25) is 5.02 Å². The van der Waals surface area contributed by atoms with Gasteiger partial charge in [0.15, 0.2) is 0 Å². The van der Waals surface area contributed by atoms with Gasteiger partial charge < -0.3 is 0 Å². The van der Waals surface area contributed by atoms with Gasteiger partial charge in [0.1, 0.15) is 4.32 Å². The first kappa shape index (κ1) is 15.1. The van der Waals surface area contributed by atoms with Crippen molar-refractivity contribution in [2.24, 2.45) is 0 Å². The first-order chi connectivity index (χ1) is 10.2. The maximum absolute atomic E-state index is 12.6. The van der Waals surface area contributed by atoms with Crippen LogP contribution in [0.15, 0.2) is 29.2 Å². The standard InChI is InChI=1S/C16H16ClNOS2/c17-13-9-5-4-6-11(13)10-14-15(19)18(16(20)21-14)12-7-2-1-3-8-12/h4-6,9-10,12H,1-3,7-8H2. The molecule has 21 heavy (non-hydrogen) atoms. The van der Waals surface area contributed by atoms with Gasteiger partial charge in [-0.05, 0) is 30.5 Å². The zero-order valence-corrected chi connectivity index (χ0v) is 13.9. The molecule has 1 aliphatic heterocycles. The Balaban J connectivity index is 1.84. The number of hydrogen-bond acceptors (Lipinski definition) is 3. The van der Waals surface area contributed by atoms with Crippen LogP contribution in [0.3, 0.4) is 0 Å². The molecular formula is C16H16ClNOS2. The average Bonchev–Trinajstić information content (AvgIpc) is 2.77. The summed E-state index contributed by atoms with van der Waals surface area (Å²) >= 11 is 13.0. The van der Waals surface area contributed by atoms with Gasteiger partial charge >= 0.3 is 0 Å². The second-order valence-electron chi connectivity index (χ2n) is 5.37. The molecule has 1 saturated carbocycles. The van der Waals surface area contributed by atoms with Crippen molar-refractivity contribution in [2.75, 3.05) is 0 Å². The lowest BCUT2D eigenvalue weighted by molar-refractivity contribution is -0.124. The Bertz CT molecular complexity index is 608. The number of benzene rings is 1. The van der Waals surface area contributed by atoms with Crippen LogP contribution in [-0.2, 0) is 4.79 Å². The van der Waals surface area contributed by atoms with E-state index in [1.54, 1.807) is 0 Å². The predicted molar refractivity (Wildman–Crippen MR) is 93.3 cm³/mol. The number of amides is 1. The van der Waals surface area contributed by atoms with Gasteiger partial charge in [-0.25, -0.2) is 0 Å². The minimum atomic E-state index is 0.0387. The Hall–Kier alpha value is -0.840. The summed E-state index contributed by atoms with van der Waals surface area (Å²) < 4.78 is 0.685. The van der Waals surface area contributed by atoms with Crippen LogP contribution in [0.4, 0.5) is 0 Å². The first-order valence-electron chi connectivity index (χ1n) is 7.18. The van der Waals surface area contributed by atoms with Crippen molar-refractivity contribution in [1.29, 1.82) is 0 Å². The van der Waals surface area contributed by atoms with Crippen LogP contribution in [0.5, 0.6) is 0 Å². The monoisotopic (exact) mass is 337 g/mol. The van der Waals surface area contributed by atoms with E-state index >= 15 is 0 Å². The number of hydrogen-bond donors (Lipinski definition) is 0. The van der Waals surface area contributed by atoms with E-state index in [1.807, 2.05) is 35.2 Å². The third kappa shape index (κ3) is 3.17. The lowest BCUT2D eigenvalue weighted by Gasteiger charge is -2.29. The van der Waals surface area contributed by atoms with E-state index in [2.05, 4.69) is 0 Å². The highest BCUT2D eigenvalue weighted by molar-refractivity contribution is 8.26. The van der Waals surface area contributed by atoms with Crippen LogP contribution in [0.1, 0.15) is 37.7 Å². The van der Waals surface area contributed by atoms with Crippen LogP contribution in [-0.4, -0.2) is 21.2 Å². The summed E-state index contributed by atoms with van der Waals surface area (Å²) in [4.78, 5) is 15.1. The zero-order valence-electron chi connectivity index (χ0n) is 11.5. The third-order valence-corrected chi connectivity index (χ3v) is 5.63. The highest BCUT2D eigenvalue weighted by atomic mass is 35.5. The van der Waals surface area contributed by atoms with Gasteiger partial charge in [0.05, 0.1) is 4.91 Å². The Morgan fingerprint density at radius 2 is 1.95 bits per heavy atom. The third-order valence-electron chi connectivity index (χ3n) is 3.96. The normalized spacial score (nSPS) is 22.3. The Morgan fingerprint density at radius 1 is 1.24 bits per heavy atom. The second-order valence-corrected chi connectivity index (χ2v) is 7.45. The van der Waals surface area contributed by atoms with Gasteiger partial charge in [0.25, 0.3) is 5.91 Å². The number of halogens is 1. The van der Waals surface area contributed by atoms with E-state index in [9.17, 15) is 4.79 Å². The number of rotatable bonds is 2. The number of thiocarbonyl (C=S) groups is 1. The molecule has 0 bridgehead atoms. The average molecular weight is 338 g/mol. The summed E-state index contributed by atoms with van der Waals surface area (Å²) in [5.41, 5.74) is 0.864. The molecule has 3 rings (SSSR count). The first-order valence-corrected chi connectivity index (χ1v) is 8.78. The molecule has 0 atom stereocenters. The van der Waals surface area contributed by atoms with E-state index < -0.39 is 0 Å². The predicted octanol–water partition coefficient (Wildman–Crippen LogP) is 4.87. The minimum Gasteiger partial charge on any atom is -0.290 e. The lowest BCUT2D eigenvalue weighted by Crippen LogP contribution is -2.39. The summed E-state index contributed by atoms with van der Waals surface area (Å²) in [7, 11) is 0. The molecule has 110 valence electrons. The Labute approximate surface area is 139 Å². The summed E-state index contributed by atoms with van der Waals surface area (Å²) in [6, 6.07) is 7.82. The molecule has 1 aromatic rings. The van der Waals surface area contributed by atoms with Gasteiger partial charge in [-0.15, -0.1) is 0 Å². The fraction of sp³-hybridized carbons (Fsp3) is 0.375. The summed E-state index contributed by atoms with van der Waals surface area (Å²) in [6.45, 7) is 0. The topological polar surface area (TPSA) is 20.3 Å². The number of thioether (sulfide) groups is 1. The molecule has 2 aliphatic rings. The summed E-state index contributed by atoms with van der Waals surface area (Å²) in [5.74, 6) is 0.0387. The van der Waals surface area contributed by atoms with Crippen molar-refractivity contribution in [1.82, 2.24) is 4.90 Å². The van der Waals surface area contributed by atoms with Crippen molar-refractivity contribution in [3.63, 3.8) is 0 Å². The minimum absolute atomic E-state index is 0.0387. The molecule has 1 amide bonds. The van der Waals surface area contributed by atoms with E-state index in [0.29, 0.717) is 14.2 Å². The fourth-order valence-electron chi connectivity index (χ4n) is 2.87. The molecule has 0 aromatic heterocycles. The van der Waals surface area contributed by atoms with Crippen LogP contribution in [0, 0.1) is 0 Å². The Morgan fingerprint density at radius 3 is 2.67 bits per heavy atom. The van der Waals surface area contributed by atoms with Crippen molar-refractivity contribution >= 4 is 51.9 Å². The molecule has 1 aliphatic carbocycles. The van der Waals surface area contributed by atoms with E-state index in [1.165, 1.54) is 31.0 Å². The van der Waals surface area contributed by atoms with Gasteiger partial charge in [0.2, 0.25) is 0 Å². The highest BCUT2D eigenvalue weighted by Gasteiger charge is 2.37. The lowest BCUT2D eigenvalue weighted by atomic mass is 9.94. The molecule has 0 radical (unpaired) electrons. The molecule has 5 heteroatoms. The summed E-state index contributed by atoms with van der Waals surface area (Å²) in [5, 5.41) is 0.653. The quantitative estimate of drug-likeness (QED) is 0.567. The molecule has 0 N–H and O–H groups in total. The highest BCUT2D eigenvalue weighted by Crippen LogP contribution is 2.37. The molecule has 2 fully saturated rings. The fourth-order valence-corrected chi connectivity index (χ4v) is 4.45. The van der Waals surface area contributed by atoms with Crippen molar-refractivity contribution in [2.45, 2.75) is 38.1 Å². The largest absolute Gasteiger partial charge is 0.290 e. The zero-order chi connectivity index (χ0) is 14.8. The van der Waals surface area contributed by atoms with Gasteiger partial charge in [0, 0.05) is 11.1 Å². The van der Waals surface area contributed by atoms with Crippen LogP contribution < -0.4 is 0 Å². The van der Waals surface area contributed by atoms with E-state index in [-0.39, 0.29) is 11.9 Å². The van der Waals surface area contributed by atoms with Crippen molar-refractivity contribution in [3.05, 3.63) is 39.8 Å². The molecule has 0 unspecified atom stereocenters. The van der Waals surface area contributed by atoms with Crippen molar-refractivity contribution in [3.8, 4) is 0 Å². The molecular weight excluding hydrogens is 322 g/mol. The maximum atomic E-state index is 12.6. The molecule has 2 nitrogen and oxygen atoms in total. The van der Waals surface area contributed by atoms with Gasteiger partial charge in [-0.2, -0.15) is 0 Å². The Kier molecular flexibility index (Phi) is 4.67. The molecule has 0 spiro atoms. The van der Waals surface area contributed by atoms with E-state index in [0.717, 1.165) is 18.4 Å². The molecule has 1 saturated heterocycles. The van der Waals surface area contributed by atoms with Gasteiger partial charge in [-0.1, -0.05) is 73.0 Å². The maximum Gasteiger partial charge on any atom is 0.266 e. The van der Waals surface area contributed by atoms with Crippen LogP contribution >= 0.6 is 35.6 Å². The number of carbonyl (C=O) groups excluding carboxylic acids is 1. The van der Waals surface area contributed by atoms with Crippen molar-refractivity contribution < 1.29 is 4.79 Å². The molecule has 1 heterocycles. The number of nitrogens with zero attached hydrogens (tertiary/aromatic N) is 1. The van der Waals surface area contributed by atoms with Gasteiger partial charge in [-0.3, -0.25) is 9.69 Å². The second kappa shape index (κ2) is 6.51. The van der Waals surface area contributed by atoms with Crippen LogP contribution in [0.25, 0.3) is 6.08 Å². The molecule has 1 aromatic carbocycles. The number of carbonyl (C=O) groups is 1. The van der Waals surface area contributed by atoms with E-state index in [4.69, 9.17) is 23.8 Å². The smallest absolute Gasteiger partial charge is 0.266 e. The SMILES string of the molecule is O=C1C(=Cc2ccccc2Cl)SC(=S)N1C1CCCCC1. The summed E-state index contributed by atoms with van der Waals surface area (Å²) in [6.07, 6.45) is 7.61.